The van der Waals surface area contributed by atoms with Crippen molar-refractivity contribution in [2.24, 2.45) is 0 Å². The van der Waals surface area contributed by atoms with Gasteiger partial charge in [-0.15, -0.1) is 0 Å². The van der Waals surface area contributed by atoms with E-state index in [-0.39, 0.29) is 48.6 Å². The number of rotatable bonds is 17. The van der Waals surface area contributed by atoms with Crippen LogP contribution in [0.4, 0.5) is 21.0 Å². The average Bonchev–Trinajstić information content (AvgIpc) is 3.26. The Morgan fingerprint density at radius 2 is 0.932 bits per heavy atom. The number of ether oxygens (including phenoxy) is 2. The lowest BCUT2D eigenvalue weighted by atomic mass is 9.93. The molecule has 0 unspecified atom stereocenters. The van der Waals surface area contributed by atoms with Crippen molar-refractivity contribution in [3.05, 3.63) is 192 Å². The molecule has 0 aliphatic heterocycles. The van der Waals surface area contributed by atoms with Crippen molar-refractivity contribution in [2.45, 2.75) is 50.7 Å². The monoisotopic (exact) mass is 792 g/mol. The molecule has 13 nitrogen and oxygen atoms in total. The second kappa shape index (κ2) is 21.2. The summed E-state index contributed by atoms with van der Waals surface area (Å²) in [4.78, 5) is 61.4. The van der Waals surface area contributed by atoms with E-state index in [4.69, 9.17) is 9.47 Å². The third-order valence-electron chi connectivity index (χ3n) is 9.32. The number of carbonyl (C=O) groups is 4. The van der Waals surface area contributed by atoms with E-state index >= 15 is 0 Å². The van der Waals surface area contributed by atoms with Gasteiger partial charge in [-0.25, -0.2) is 9.59 Å². The molecular formula is C46H44N6O7. The number of anilines is 2. The van der Waals surface area contributed by atoms with E-state index < -0.39 is 42.2 Å². The van der Waals surface area contributed by atoms with Gasteiger partial charge in [0.2, 0.25) is 0 Å². The molecule has 5 N–H and O–H groups in total. The van der Waals surface area contributed by atoms with Crippen molar-refractivity contribution in [3.8, 4) is 0 Å². The largest absolute Gasteiger partial charge is 0.444 e. The molecule has 0 radical (unpaired) electrons. The Kier molecular flexibility index (Phi) is 14.8. The van der Waals surface area contributed by atoms with Gasteiger partial charge in [0.15, 0.2) is 0 Å². The van der Waals surface area contributed by atoms with Gasteiger partial charge in [0.05, 0.1) is 34.6 Å². The van der Waals surface area contributed by atoms with Crippen molar-refractivity contribution < 1.29 is 33.8 Å². The van der Waals surface area contributed by atoms with E-state index in [0.29, 0.717) is 6.42 Å². The number of para-hydroxylation sites is 2. The Balaban J connectivity index is 1.18. The summed E-state index contributed by atoms with van der Waals surface area (Å²) in [6, 6.07) is 37.5. The molecule has 4 aromatic carbocycles. The zero-order valence-corrected chi connectivity index (χ0v) is 32.1. The molecular weight excluding hydrogens is 749 g/mol. The van der Waals surface area contributed by atoms with Crippen LogP contribution in [0, 0.1) is 0 Å². The summed E-state index contributed by atoms with van der Waals surface area (Å²) in [6.45, 7) is 0.0263. The maximum absolute atomic E-state index is 14.0. The second-order valence-corrected chi connectivity index (χ2v) is 13.6. The van der Waals surface area contributed by atoms with Crippen LogP contribution in [-0.4, -0.2) is 57.3 Å². The molecule has 6 rings (SSSR count). The molecule has 59 heavy (non-hydrogen) atoms. The highest BCUT2D eigenvalue weighted by Crippen LogP contribution is 2.21. The predicted octanol–water partition coefficient (Wildman–Crippen LogP) is 7.11. The van der Waals surface area contributed by atoms with E-state index in [1.165, 1.54) is 0 Å². The van der Waals surface area contributed by atoms with Crippen molar-refractivity contribution >= 4 is 35.4 Å². The van der Waals surface area contributed by atoms with Gasteiger partial charge < -0.3 is 25.2 Å². The molecule has 2 heterocycles. The number of carbonyl (C=O) groups excluding carboxylic acids is 4. The number of hydrogen-bond donors (Lipinski definition) is 5. The number of hydrogen-bond acceptors (Lipinski definition) is 9. The highest BCUT2D eigenvalue weighted by atomic mass is 16.6. The van der Waals surface area contributed by atoms with Gasteiger partial charge in [-0.05, 0) is 90.0 Å². The van der Waals surface area contributed by atoms with Crippen LogP contribution in [0.5, 0.6) is 0 Å². The van der Waals surface area contributed by atoms with Crippen LogP contribution < -0.4 is 21.3 Å². The Morgan fingerprint density at radius 3 is 1.42 bits per heavy atom. The van der Waals surface area contributed by atoms with Gasteiger partial charge in [-0.2, -0.15) is 0 Å². The number of pyridine rings is 2. The highest BCUT2D eigenvalue weighted by molar-refractivity contribution is 6.03. The van der Waals surface area contributed by atoms with Crippen molar-refractivity contribution in [1.82, 2.24) is 20.6 Å². The summed E-state index contributed by atoms with van der Waals surface area (Å²) in [5, 5.41) is 23.4. The van der Waals surface area contributed by atoms with Crippen LogP contribution >= 0.6 is 0 Å². The van der Waals surface area contributed by atoms with Crippen LogP contribution in [0.15, 0.2) is 158 Å². The number of aromatic nitrogens is 2. The maximum atomic E-state index is 14.0. The summed E-state index contributed by atoms with van der Waals surface area (Å²) in [7, 11) is 0. The summed E-state index contributed by atoms with van der Waals surface area (Å²) in [6.07, 6.45) is 4.40. The molecule has 0 spiro atoms. The van der Waals surface area contributed by atoms with E-state index in [1.807, 2.05) is 60.7 Å². The van der Waals surface area contributed by atoms with Gasteiger partial charge in [-0.3, -0.25) is 30.2 Å². The Morgan fingerprint density at radius 1 is 0.508 bits per heavy atom. The molecule has 6 aromatic rings. The number of aliphatic hydroxyl groups is 1. The maximum Gasteiger partial charge on any atom is 0.411 e. The fraction of sp³-hybridized carbons (Fsp3) is 0.174. The molecule has 0 aliphatic carbocycles. The third-order valence-corrected chi connectivity index (χ3v) is 9.32. The van der Waals surface area contributed by atoms with Gasteiger partial charge in [0, 0.05) is 30.8 Å². The van der Waals surface area contributed by atoms with E-state index in [1.54, 1.807) is 97.6 Å². The molecule has 0 aliphatic rings. The van der Waals surface area contributed by atoms with Gasteiger partial charge >= 0.3 is 12.2 Å². The quantitative estimate of drug-likeness (QED) is 0.0644. The first-order chi connectivity index (χ1) is 28.8. The van der Waals surface area contributed by atoms with Gasteiger partial charge in [-0.1, -0.05) is 84.9 Å². The van der Waals surface area contributed by atoms with E-state index in [9.17, 15) is 24.3 Å². The van der Waals surface area contributed by atoms with Crippen molar-refractivity contribution in [1.29, 1.82) is 0 Å². The highest BCUT2D eigenvalue weighted by Gasteiger charge is 2.28. The minimum atomic E-state index is -1.16. The summed E-state index contributed by atoms with van der Waals surface area (Å²) in [5.74, 6) is -1.02. The SMILES string of the molecule is O=C(Nc1ccccc1C(=O)N[C@@H](Cc1ccccc1)C[C@H](O)[C@H](Cc1ccccc1)NC(=O)c1ccccc1NC(=O)OCc1ccncc1)OCc1ccncc1. The smallest absolute Gasteiger partial charge is 0.411 e. The third kappa shape index (κ3) is 12.8. The molecule has 3 atom stereocenters. The van der Waals surface area contributed by atoms with Crippen LogP contribution in [0.25, 0.3) is 0 Å². The number of nitrogens with zero attached hydrogens (tertiary/aromatic N) is 2. The van der Waals surface area contributed by atoms with E-state index in [0.717, 1.165) is 22.3 Å². The average molecular weight is 793 g/mol. The summed E-state index contributed by atoms with van der Waals surface area (Å²) >= 11 is 0. The summed E-state index contributed by atoms with van der Waals surface area (Å²) < 4.78 is 10.7. The molecule has 2 aromatic heterocycles. The zero-order valence-electron chi connectivity index (χ0n) is 32.1. The van der Waals surface area contributed by atoms with E-state index in [2.05, 4.69) is 31.2 Å². The first-order valence-electron chi connectivity index (χ1n) is 19.0. The molecule has 0 saturated carbocycles. The lowest BCUT2D eigenvalue weighted by Gasteiger charge is -2.29. The van der Waals surface area contributed by atoms with Crippen LogP contribution in [-0.2, 0) is 35.5 Å². The first kappa shape index (κ1) is 41.3. The minimum absolute atomic E-state index is 0.0103. The van der Waals surface area contributed by atoms with Crippen LogP contribution in [0.1, 0.15) is 49.4 Å². The molecule has 0 saturated heterocycles. The fourth-order valence-electron chi connectivity index (χ4n) is 6.34. The Hall–Kier alpha value is -7.38. The van der Waals surface area contributed by atoms with Crippen LogP contribution in [0.3, 0.4) is 0 Å². The Labute approximate surface area is 341 Å². The number of amides is 4. The number of nitrogens with one attached hydrogen (secondary N) is 4. The molecule has 13 heteroatoms. The van der Waals surface area contributed by atoms with Crippen LogP contribution in [0.2, 0.25) is 0 Å². The minimum Gasteiger partial charge on any atom is -0.444 e. The topological polar surface area (TPSA) is 181 Å². The normalized spacial score (nSPS) is 12.2. The Bertz CT molecular complexity index is 2280. The fourth-order valence-corrected chi connectivity index (χ4v) is 6.34. The van der Waals surface area contributed by atoms with Crippen molar-refractivity contribution in [3.63, 3.8) is 0 Å². The second-order valence-electron chi connectivity index (χ2n) is 13.6. The van der Waals surface area contributed by atoms with Gasteiger partial charge in [0.1, 0.15) is 13.2 Å². The lowest BCUT2D eigenvalue weighted by molar-refractivity contribution is 0.0756. The molecule has 0 fully saturated rings. The summed E-state index contributed by atoms with van der Waals surface area (Å²) in [5.41, 5.74) is 4.10. The number of aliphatic hydroxyl groups excluding tert-OH is 1. The van der Waals surface area contributed by atoms with Crippen molar-refractivity contribution in [2.75, 3.05) is 10.6 Å². The standard InChI is InChI=1S/C46H44N6O7/c53-42(41(28-33-13-5-2-6-14-33)50-44(55)38-16-8-10-18-40(38)52-46(57)59-31-35-21-25-48-26-22-35)29-36(27-32-11-3-1-4-12-32)49-43(54)37-15-7-9-17-39(37)51-45(56)58-30-34-19-23-47-24-20-34/h1-26,36,41-42,53H,27-31H2,(H,49,54)(H,50,55)(H,51,56)(H,52,57)/t36-,41-,42-/m0/s1. The van der Waals surface area contributed by atoms with Gasteiger partial charge in [0.25, 0.3) is 11.8 Å². The molecule has 0 bridgehead atoms. The number of benzene rings is 4. The first-order valence-corrected chi connectivity index (χ1v) is 19.0. The lowest BCUT2D eigenvalue weighted by Crippen LogP contribution is -2.48. The zero-order chi connectivity index (χ0) is 41.2. The molecule has 4 amide bonds. The molecule has 300 valence electrons. The predicted molar refractivity (Wildman–Crippen MR) is 222 cm³/mol.